The van der Waals surface area contributed by atoms with Crippen LogP contribution in [0.15, 0.2) is 18.2 Å². The van der Waals surface area contributed by atoms with Crippen molar-refractivity contribution in [2.45, 2.75) is 25.8 Å². The van der Waals surface area contributed by atoms with Gasteiger partial charge in [-0.05, 0) is 48.9 Å². The van der Waals surface area contributed by atoms with Gasteiger partial charge in [-0.3, -0.25) is 4.79 Å². The maximum atomic E-state index is 12.7. The number of thiophene rings is 1. The van der Waals surface area contributed by atoms with E-state index in [0.717, 1.165) is 45.7 Å². The molecule has 2 heterocycles. The van der Waals surface area contributed by atoms with Crippen LogP contribution < -0.4 is 10.5 Å². The summed E-state index contributed by atoms with van der Waals surface area (Å²) in [5, 5.41) is 1.10. The summed E-state index contributed by atoms with van der Waals surface area (Å²) in [6, 6.07) is 6.06. The number of nitrogens with zero attached hydrogens (tertiary/aromatic N) is 1. The van der Waals surface area contributed by atoms with E-state index >= 15 is 0 Å². The van der Waals surface area contributed by atoms with Gasteiger partial charge in [0.05, 0.1) is 12.0 Å². The number of ether oxygens (including phenoxy) is 1. The summed E-state index contributed by atoms with van der Waals surface area (Å²) < 4.78 is 6.39. The summed E-state index contributed by atoms with van der Waals surface area (Å²) in [5.41, 5.74) is 7.02. The topological polar surface area (TPSA) is 55.6 Å². The lowest BCUT2D eigenvalue weighted by atomic mass is 10.1. The monoisotopic (exact) mass is 304 g/mol. The Morgan fingerprint density at radius 1 is 1.48 bits per heavy atom. The number of carbonyl (C=O) groups excluding carboxylic acids is 1. The van der Waals surface area contributed by atoms with E-state index in [1.54, 1.807) is 18.4 Å². The predicted octanol–water partition coefficient (Wildman–Crippen LogP) is 2.78. The predicted molar refractivity (Wildman–Crippen MR) is 86.2 cm³/mol. The van der Waals surface area contributed by atoms with Gasteiger partial charge in [0.25, 0.3) is 5.91 Å². The third-order valence-electron chi connectivity index (χ3n) is 4.08. The molecule has 1 fully saturated rings. The number of aryl methyl sites for hydroxylation is 1. The first-order valence-electron chi connectivity index (χ1n) is 7.22. The summed E-state index contributed by atoms with van der Waals surface area (Å²) in [5.74, 6) is 0.935. The molecule has 0 radical (unpaired) electrons. The van der Waals surface area contributed by atoms with E-state index in [2.05, 4.69) is 0 Å². The Labute approximate surface area is 128 Å². The molecule has 2 aromatic rings. The summed E-state index contributed by atoms with van der Waals surface area (Å²) in [6.07, 6.45) is 2.00. The van der Waals surface area contributed by atoms with Crippen LogP contribution in [0.3, 0.4) is 0 Å². The second-order valence-electron chi connectivity index (χ2n) is 5.57. The fraction of sp³-hybridized carbons (Fsp3) is 0.438. The van der Waals surface area contributed by atoms with Crippen LogP contribution in [-0.2, 0) is 0 Å². The zero-order chi connectivity index (χ0) is 15.0. The Balaban J connectivity index is 1.96. The van der Waals surface area contributed by atoms with E-state index < -0.39 is 0 Å². The Hall–Kier alpha value is -1.59. The van der Waals surface area contributed by atoms with Crippen LogP contribution in [0.4, 0.5) is 0 Å². The minimum atomic E-state index is 0.109. The minimum Gasteiger partial charge on any atom is -0.497 e. The molecule has 0 aliphatic carbocycles. The molecule has 0 spiro atoms. The summed E-state index contributed by atoms with van der Waals surface area (Å²) in [7, 11) is 1.66. The number of benzene rings is 1. The summed E-state index contributed by atoms with van der Waals surface area (Å²) >= 11 is 1.56. The van der Waals surface area contributed by atoms with Gasteiger partial charge in [-0.2, -0.15) is 0 Å². The molecule has 1 saturated heterocycles. The van der Waals surface area contributed by atoms with Crippen molar-refractivity contribution in [1.82, 2.24) is 4.90 Å². The molecule has 5 heteroatoms. The van der Waals surface area contributed by atoms with Crippen LogP contribution >= 0.6 is 11.3 Å². The molecule has 2 N–H and O–H groups in total. The van der Waals surface area contributed by atoms with Crippen LogP contribution in [0.5, 0.6) is 5.75 Å². The molecule has 3 rings (SSSR count). The maximum Gasteiger partial charge on any atom is 0.264 e. The lowest BCUT2D eigenvalue weighted by molar-refractivity contribution is 0.0713. The molecule has 0 saturated carbocycles. The molecule has 0 bridgehead atoms. The molecule has 112 valence electrons. The molecule has 1 aromatic heterocycles. The standard InChI is InChI=1S/C16H20N2O2S/c1-10-13-8-12(20-2)5-6-14(13)21-15(10)16(19)18-7-3-4-11(17)9-18/h5-6,8,11H,3-4,7,9,17H2,1-2H3/t11-/m1/s1. The number of likely N-dealkylation sites (tertiary alicyclic amines) is 1. The van der Waals surface area contributed by atoms with E-state index in [0.29, 0.717) is 6.54 Å². The van der Waals surface area contributed by atoms with Crippen molar-refractivity contribution in [2.24, 2.45) is 5.73 Å². The van der Waals surface area contributed by atoms with Crippen molar-refractivity contribution in [1.29, 1.82) is 0 Å². The van der Waals surface area contributed by atoms with Crippen molar-refractivity contribution in [3.8, 4) is 5.75 Å². The van der Waals surface area contributed by atoms with Crippen molar-refractivity contribution >= 4 is 27.3 Å². The van der Waals surface area contributed by atoms with E-state index in [-0.39, 0.29) is 11.9 Å². The number of rotatable bonds is 2. The Morgan fingerprint density at radius 2 is 2.29 bits per heavy atom. The quantitative estimate of drug-likeness (QED) is 0.928. The maximum absolute atomic E-state index is 12.7. The number of amides is 1. The average molecular weight is 304 g/mol. The molecule has 1 amide bonds. The fourth-order valence-corrected chi connectivity index (χ4v) is 4.03. The van der Waals surface area contributed by atoms with E-state index in [1.165, 1.54) is 0 Å². The van der Waals surface area contributed by atoms with Gasteiger partial charge in [0, 0.05) is 23.8 Å². The Kier molecular flexibility index (Phi) is 3.87. The normalized spacial score (nSPS) is 19.0. The second kappa shape index (κ2) is 5.66. The highest BCUT2D eigenvalue weighted by atomic mass is 32.1. The van der Waals surface area contributed by atoms with Crippen LogP contribution in [0.25, 0.3) is 10.1 Å². The first kappa shape index (κ1) is 14.4. The fourth-order valence-electron chi connectivity index (χ4n) is 2.87. The molecule has 1 aliphatic heterocycles. The number of hydrogen-bond donors (Lipinski definition) is 1. The summed E-state index contributed by atoms with van der Waals surface area (Å²) in [6.45, 7) is 3.48. The first-order chi connectivity index (χ1) is 10.1. The number of piperidine rings is 1. The third kappa shape index (κ3) is 2.63. The lowest BCUT2D eigenvalue weighted by Gasteiger charge is -2.30. The van der Waals surface area contributed by atoms with Crippen LogP contribution in [0.1, 0.15) is 28.1 Å². The van der Waals surface area contributed by atoms with E-state index in [1.807, 2.05) is 30.0 Å². The highest BCUT2D eigenvalue weighted by Gasteiger charge is 2.25. The third-order valence-corrected chi connectivity index (χ3v) is 5.34. The molecule has 1 aliphatic rings. The first-order valence-corrected chi connectivity index (χ1v) is 8.04. The van der Waals surface area contributed by atoms with Crippen molar-refractivity contribution in [3.05, 3.63) is 28.6 Å². The lowest BCUT2D eigenvalue weighted by Crippen LogP contribution is -2.45. The van der Waals surface area contributed by atoms with Crippen molar-refractivity contribution in [2.75, 3.05) is 20.2 Å². The van der Waals surface area contributed by atoms with Gasteiger partial charge >= 0.3 is 0 Å². The Morgan fingerprint density at radius 3 is 3.00 bits per heavy atom. The molecule has 4 nitrogen and oxygen atoms in total. The van der Waals surface area contributed by atoms with Gasteiger partial charge in [0.2, 0.25) is 0 Å². The largest absolute Gasteiger partial charge is 0.497 e. The molecule has 0 unspecified atom stereocenters. The Bertz CT molecular complexity index is 680. The number of fused-ring (bicyclic) bond motifs is 1. The second-order valence-corrected chi connectivity index (χ2v) is 6.62. The number of carbonyl (C=O) groups is 1. The number of methoxy groups -OCH3 is 1. The molecule has 1 atom stereocenters. The van der Waals surface area contributed by atoms with Crippen LogP contribution in [0.2, 0.25) is 0 Å². The molecular weight excluding hydrogens is 284 g/mol. The SMILES string of the molecule is COc1ccc2sc(C(=O)N3CCC[C@@H](N)C3)c(C)c2c1. The number of hydrogen-bond acceptors (Lipinski definition) is 4. The highest BCUT2D eigenvalue weighted by Crippen LogP contribution is 2.34. The van der Waals surface area contributed by atoms with Gasteiger partial charge in [0.1, 0.15) is 5.75 Å². The zero-order valence-electron chi connectivity index (χ0n) is 12.4. The average Bonchev–Trinajstić information content (AvgIpc) is 2.83. The van der Waals surface area contributed by atoms with Crippen molar-refractivity contribution < 1.29 is 9.53 Å². The summed E-state index contributed by atoms with van der Waals surface area (Å²) in [4.78, 5) is 15.5. The smallest absolute Gasteiger partial charge is 0.264 e. The van der Waals surface area contributed by atoms with Gasteiger partial charge in [-0.1, -0.05) is 0 Å². The van der Waals surface area contributed by atoms with Gasteiger partial charge in [-0.25, -0.2) is 0 Å². The van der Waals surface area contributed by atoms with Gasteiger partial charge < -0.3 is 15.4 Å². The van der Waals surface area contributed by atoms with Crippen LogP contribution in [-0.4, -0.2) is 37.0 Å². The van der Waals surface area contributed by atoms with Crippen LogP contribution in [0, 0.1) is 6.92 Å². The van der Waals surface area contributed by atoms with E-state index in [4.69, 9.17) is 10.5 Å². The molecular formula is C16H20N2O2S. The van der Waals surface area contributed by atoms with Crippen molar-refractivity contribution in [3.63, 3.8) is 0 Å². The highest BCUT2D eigenvalue weighted by molar-refractivity contribution is 7.21. The van der Waals surface area contributed by atoms with E-state index in [9.17, 15) is 4.79 Å². The molecule has 21 heavy (non-hydrogen) atoms. The molecule has 1 aromatic carbocycles. The number of nitrogens with two attached hydrogens (primary N) is 1. The van der Waals surface area contributed by atoms with Gasteiger partial charge in [-0.15, -0.1) is 11.3 Å². The minimum absolute atomic E-state index is 0.109. The van der Waals surface area contributed by atoms with Gasteiger partial charge in [0.15, 0.2) is 0 Å². The zero-order valence-corrected chi connectivity index (χ0v) is 13.2.